The van der Waals surface area contributed by atoms with E-state index in [1.165, 1.54) is 7.11 Å². The second-order valence-electron chi connectivity index (χ2n) is 4.77. The standard InChI is InChI=1S/C16H18N2O3/c1-3-13(17)12-10-11(16(19)20-2)7-8-14(12)18-15-6-4-5-9-21-15/h1,7-8,10,15,17-18H,4-6,9H2,2H3. The maximum Gasteiger partial charge on any atom is 0.337 e. The number of carbonyl (C=O) groups excluding carboxylic acids is 1. The highest BCUT2D eigenvalue weighted by molar-refractivity contribution is 6.14. The number of ether oxygens (including phenoxy) is 2. The predicted molar refractivity (Wildman–Crippen MR) is 80.7 cm³/mol. The number of hydrogen-bond donors (Lipinski definition) is 2. The number of terminal acetylenes is 1. The smallest absolute Gasteiger partial charge is 0.337 e. The Morgan fingerprint density at radius 3 is 2.95 bits per heavy atom. The van der Waals surface area contributed by atoms with Crippen molar-refractivity contribution in [3.05, 3.63) is 29.3 Å². The fourth-order valence-corrected chi connectivity index (χ4v) is 2.23. The molecule has 1 fully saturated rings. The summed E-state index contributed by atoms with van der Waals surface area (Å²) >= 11 is 0. The second kappa shape index (κ2) is 6.91. The van der Waals surface area contributed by atoms with Crippen LogP contribution in [0.25, 0.3) is 0 Å². The summed E-state index contributed by atoms with van der Waals surface area (Å²) in [6, 6.07) is 4.94. The summed E-state index contributed by atoms with van der Waals surface area (Å²) in [6.07, 6.45) is 8.29. The Morgan fingerprint density at radius 1 is 1.52 bits per heavy atom. The molecule has 2 rings (SSSR count). The topological polar surface area (TPSA) is 71.4 Å². The molecule has 1 saturated heterocycles. The minimum atomic E-state index is -0.457. The van der Waals surface area contributed by atoms with Gasteiger partial charge in [-0.25, -0.2) is 4.79 Å². The van der Waals surface area contributed by atoms with Crippen LogP contribution in [0.5, 0.6) is 0 Å². The van der Waals surface area contributed by atoms with E-state index in [0.29, 0.717) is 16.8 Å². The van der Waals surface area contributed by atoms with E-state index in [-0.39, 0.29) is 11.9 Å². The fraction of sp³-hybridized carbons (Fsp3) is 0.375. The van der Waals surface area contributed by atoms with Crippen molar-refractivity contribution in [2.24, 2.45) is 0 Å². The summed E-state index contributed by atoms with van der Waals surface area (Å²) < 4.78 is 10.3. The van der Waals surface area contributed by atoms with Crippen molar-refractivity contribution in [1.29, 1.82) is 5.41 Å². The number of nitrogens with one attached hydrogen (secondary N) is 2. The van der Waals surface area contributed by atoms with Gasteiger partial charge in [0.1, 0.15) is 11.9 Å². The van der Waals surface area contributed by atoms with Crippen molar-refractivity contribution < 1.29 is 14.3 Å². The van der Waals surface area contributed by atoms with E-state index in [2.05, 4.69) is 16.0 Å². The van der Waals surface area contributed by atoms with Crippen LogP contribution < -0.4 is 5.32 Å². The highest BCUT2D eigenvalue weighted by Gasteiger charge is 2.17. The van der Waals surface area contributed by atoms with E-state index in [9.17, 15) is 4.79 Å². The van der Waals surface area contributed by atoms with Gasteiger partial charge < -0.3 is 14.8 Å². The van der Waals surface area contributed by atoms with Gasteiger partial charge in [-0.3, -0.25) is 5.41 Å². The summed E-state index contributed by atoms with van der Waals surface area (Å²) in [6.45, 7) is 0.722. The highest BCUT2D eigenvalue weighted by Crippen LogP contribution is 2.22. The quantitative estimate of drug-likeness (QED) is 0.506. The van der Waals surface area contributed by atoms with E-state index < -0.39 is 5.97 Å². The maximum atomic E-state index is 11.6. The first-order chi connectivity index (χ1) is 10.2. The molecule has 0 saturated carbocycles. The lowest BCUT2D eigenvalue weighted by molar-refractivity contribution is 0.0343. The third kappa shape index (κ3) is 3.61. The van der Waals surface area contributed by atoms with Gasteiger partial charge in [0.15, 0.2) is 0 Å². The Balaban J connectivity index is 2.28. The molecular weight excluding hydrogens is 268 g/mol. The van der Waals surface area contributed by atoms with Crippen LogP contribution in [-0.4, -0.2) is 31.6 Å². The molecule has 1 aliphatic heterocycles. The average Bonchev–Trinajstić information content (AvgIpc) is 2.54. The van der Waals surface area contributed by atoms with Gasteiger partial charge in [0, 0.05) is 17.9 Å². The van der Waals surface area contributed by atoms with Crippen molar-refractivity contribution >= 4 is 17.4 Å². The van der Waals surface area contributed by atoms with E-state index in [1.807, 2.05) is 0 Å². The van der Waals surface area contributed by atoms with Gasteiger partial charge in [0.25, 0.3) is 0 Å². The molecule has 1 aliphatic rings. The monoisotopic (exact) mass is 286 g/mol. The average molecular weight is 286 g/mol. The number of hydrogen-bond acceptors (Lipinski definition) is 5. The van der Waals surface area contributed by atoms with E-state index in [4.69, 9.17) is 16.6 Å². The number of benzene rings is 1. The van der Waals surface area contributed by atoms with Gasteiger partial charge in [-0.05, 0) is 37.5 Å². The van der Waals surface area contributed by atoms with Crippen molar-refractivity contribution in [1.82, 2.24) is 0 Å². The third-order valence-electron chi connectivity index (χ3n) is 3.35. The van der Waals surface area contributed by atoms with Gasteiger partial charge in [-0.1, -0.05) is 5.92 Å². The van der Waals surface area contributed by atoms with Crippen LogP contribution in [-0.2, 0) is 9.47 Å². The van der Waals surface area contributed by atoms with Crippen LogP contribution in [0.2, 0.25) is 0 Å². The summed E-state index contributed by atoms with van der Waals surface area (Å²) in [4.78, 5) is 11.6. The number of rotatable bonds is 4. The second-order valence-corrected chi connectivity index (χ2v) is 4.77. The van der Waals surface area contributed by atoms with Crippen LogP contribution >= 0.6 is 0 Å². The van der Waals surface area contributed by atoms with E-state index in [0.717, 1.165) is 25.9 Å². The van der Waals surface area contributed by atoms with Crippen LogP contribution in [0.3, 0.4) is 0 Å². The Labute approximate surface area is 124 Å². The van der Waals surface area contributed by atoms with Gasteiger partial charge >= 0.3 is 5.97 Å². The molecule has 1 aromatic rings. The Morgan fingerprint density at radius 2 is 2.33 bits per heavy atom. The van der Waals surface area contributed by atoms with Crippen LogP contribution in [0, 0.1) is 17.8 Å². The molecule has 0 aliphatic carbocycles. The zero-order valence-electron chi connectivity index (χ0n) is 11.9. The predicted octanol–water partition coefficient (Wildman–Crippen LogP) is 2.41. The first-order valence-electron chi connectivity index (χ1n) is 6.81. The van der Waals surface area contributed by atoms with Gasteiger partial charge in [-0.15, -0.1) is 6.42 Å². The molecule has 21 heavy (non-hydrogen) atoms. The fourth-order valence-electron chi connectivity index (χ4n) is 2.23. The molecule has 5 heteroatoms. The van der Waals surface area contributed by atoms with Crippen molar-refractivity contribution in [3.8, 4) is 12.3 Å². The van der Waals surface area contributed by atoms with Crippen molar-refractivity contribution in [3.63, 3.8) is 0 Å². The largest absolute Gasteiger partial charge is 0.465 e. The van der Waals surface area contributed by atoms with Crippen molar-refractivity contribution in [2.45, 2.75) is 25.5 Å². The molecule has 5 nitrogen and oxygen atoms in total. The lowest BCUT2D eigenvalue weighted by Crippen LogP contribution is -2.28. The molecule has 2 N–H and O–H groups in total. The van der Waals surface area contributed by atoms with Crippen LogP contribution in [0.4, 0.5) is 5.69 Å². The van der Waals surface area contributed by atoms with E-state index in [1.54, 1.807) is 18.2 Å². The van der Waals surface area contributed by atoms with Gasteiger partial charge in [0.2, 0.25) is 0 Å². The molecule has 0 bridgehead atoms. The molecular formula is C16H18N2O3. The summed E-state index contributed by atoms with van der Waals surface area (Å²) in [5, 5.41) is 11.1. The number of anilines is 1. The maximum absolute atomic E-state index is 11.6. The minimum Gasteiger partial charge on any atom is -0.465 e. The summed E-state index contributed by atoms with van der Waals surface area (Å²) in [5.74, 6) is 1.84. The molecule has 0 aromatic heterocycles. The van der Waals surface area contributed by atoms with Crippen LogP contribution in [0.15, 0.2) is 18.2 Å². The SMILES string of the molecule is C#CC(=N)c1cc(C(=O)OC)ccc1NC1CCCCO1. The van der Waals surface area contributed by atoms with Gasteiger partial charge in [0.05, 0.1) is 12.7 Å². The van der Waals surface area contributed by atoms with Crippen LogP contribution in [0.1, 0.15) is 35.2 Å². The molecule has 0 spiro atoms. The third-order valence-corrected chi connectivity index (χ3v) is 3.35. The van der Waals surface area contributed by atoms with E-state index >= 15 is 0 Å². The lowest BCUT2D eigenvalue weighted by atomic mass is 10.0. The zero-order valence-corrected chi connectivity index (χ0v) is 11.9. The molecule has 0 radical (unpaired) electrons. The molecule has 0 amide bonds. The minimum absolute atomic E-state index is 0.0130. The Kier molecular flexibility index (Phi) is 4.96. The number of esters is 1. The molecule has 1 heterocycles. The van der Waals surface area contributed by atoms with Crippen molar-refractivity contribution in [2.75, 3.05) is 19.0 Å². The Hall–Kier alpha value is -2.32. The first kappa shape index (κ1) is 15.1. The lowest BCUT2D eigenvalue weighted by Gasteiger charge is -2.25. The Bertz CT molecular complexity index is 584. The molecule has 1 unspecified atom stereocenters. The first-order valence-corrected chi connectivity index (χ1v) is 6.81. The number of carbonyl (C=O) groups is 1. The number of methoxy groups -OCH3 is 1. The summed E-state index contributed by atoms with van der Waals surface area (Å²) in [7, 11) is 1.32. The summed E-state index contributed by atoms with van der Waals surface area (Å²) in [5.41, 5.74) is 1.56. The molecule has 1 aromatic carbocycles. The molecule has 110 valence electrons. The molecule has 1 atom stereocenters. The zero-order chi connectivity index (χ0) is 15.2. The highest BCUT2D eigenvalue weighted by atomic mass is 16.5. The normalized spacial score (nSPS) is 17.6. The van der Waals surface area contributed by atoms with Gasteiger partial charge in [-0.2, -0.15) is 0 Å².